The van der Waals surface area contributed by atoms with Crippen LogP contribution in [0.25, 0.3) is 0 Å². The van der Waals surface area contributed by atoms with Gasteiger partial charge in [0.05, 0.1) is 12.2 Å². The molecule has 0 radical (unpaired) electrons. The van der Waals surface area contributed by atoms with E-state index in [0.717, 1.165) is 25.9 Å². The third-order valence-corrected chi connectivity index (χ3v) is 4.53. The van der Waals surface area contributed by atoms with Crippen molar-refractivity contribution in [3.8, 4) is 5.75 Å². The predicted octanol–water partition coefficient (Wildman–Crippen LogP) is 2.23. The van der Waals surface area contributed by atoms with Crippen LogP contribution < -0.4 is 15.4 Å². The summed E-state index contributed by atoms with van der Waals surface area (Å²) in [5, 5.41) is 6.18. The van der Waals surface area contributed by atoms with Gasteiger partial charge < -0.3 is 20.3 Å². The summed E-state index contributed by atoms with van der Waals surface area (Å²) in [7, 11) is 1.88. The molecule has 1 saturated heterocycles. The molecule has 0 saturated carbocycles. The molecule has 1 fully saturated rings. The zero-order valence-corrected chi connectivity index (χ0v) is 16.4. The van der Waals surface area contributed by atoms with E-state index in [2.05, 4.69) is 10.6 Å². The Morgan fingerprint density at radius 1 is 1.27 bits per heavy atom. The third-order valence-electron chi connectivity index (χ3n) is 4.53. The average Bonchev–Trinajstić information content (AvgIpc) is 2.65. The van der Waals surface area contributed by atoms with Crippen molar-refractivity contribution < 1.29 is 14.3 Å². The minimum Gasteiger partial charge on any atom is -0.493 e. The van der Waals surface area contributed by atoms with Crippen molar-refractivity contribution >= 4 is 24.2 Å². The van der Waals surface area contributed by atoms with Crippen LogP contribution >= 0.6 is 12.4 Å². The number of hydrogen-bond donors (Lipinski definition) is 2. The number of carbonyl (C=O) groups is 2. The topological polar surface area (TPSA) is 70.7 Å². The van der Waals surface area contributed by atoms with E-state index in [-0.39, 0.29) is 24.2 Å². The van der Waals surface area contributed by atoms with E-state index in [1.54, 1.807) is 12.1 Å². The van der Waals surface area contributed by atoms with Gasteiger partial charge in [0.15, 0.2) is 0 Å². The molecule has 0 unspecified atom stereocenters. The SMILES string of the molecule is CCOc1ccccc1C(=O)NCCCC(=O)N(C)C1CCNCC1.Cl. The lowest BCUT2D eigenvalue weighted by atomic mass is 10.0. The van der Waals surface area contributed by atoms with E-state index in [9.17, 15) is 9.59 Å². The van der Waals surface area contributed by atoms with E-state index in [4.69, 9.17) is 4.74 Å². The molecule has 26 heavy (non-hydrogen) atoms. The molecule has 0 atom stereocenters. The molecule has 2 N–H and O–H groups in total. The van der Waals surface area contributed by atoms with Crippen LogP contribution in [0.3, 0.4) is 0 Å². The molecule has 1 aliphatic rings. The lowest BCUT2D eigenvalue weighted by Gasteiger charge is -2.31. The Morgan fingerprint density at radius 2 is 1.96 bits per heavy atom. The summed E-state index contributed by atoms with van der Waals surface area (Å²) in [6.45, 7) is 4.82. The number of benzene rings is 1. The van der Waals surface area contributed by atoms with Crippen LogP contribution in [-0.4, -0.2) is 56.0 Å². The number of nitrogens with zero attached hydrogens (tertiary/aromatic N) is 1. The number of rotatable bonds is 8. The second-order valence-corrected chi connectivity index (χ2v) is 6.27. The molecule has 2 rings (SSSR count). The number of amides is 2. The number of hydrogen-bond acceptors (Lipinski definition) is 4. The second-order valence-electron chi connectivity index (χ2n) is 6.27. The Hall–Kier alpha value is -1.79. The van der Waals surface area contributed by atoms with Gasteiger partial charge in [-0.2, -0.15) is 0 Å². The van der Waals surface area contributed by atoms with Crippen molar-refractivity contribution in [3.63, 3.8) is 0 Å². The van der Waals surface area contributed by atoms with Crippen molar-refractivity contribution in [2.75, 3.05) is 33.3 Å². The first-order valence-electron chi connectivity index (χ1n) is 9.10. The molecule has 0 bridgehead atoms. The highest BCUT2D eigenvalue weighted by molar-refractivity contribution is 5.96. The van der Waals surface area contributed by atoms with E-state index in [1.807, 2.05) is 31.0 Å². The van der Waals surface area contributed by atoms with E-state index >= 15 is 0 Å². The van der Waals surface area contributed by atoms with Crippen molar-refractivity contribution in [2.24, 2.45) is 0 Å². The number of halogens is 1. The fraction of sp³-hybridized carbons (Fsp3) is 0.579. The molecular formula is C19H30ClN3O3. The summed E-state index contributed by atoms with van der Waals surface area (Å²) in [6, 6.07) is 7.53. The van der Waals surface area contributed by atoms with Gasteiger partial charge in [-0.05, 0) is 51.4 Å². The largest absolute Gasteiger partial charge is 0.493 e. The minimum absolute atomic E-state index is 0. The zero-order valence-electron chi connectivity index (χ0n) is 15.6. The highest BCUT2D eigenvalue weighted by Crippen LogP contribution is 2.17. The Labute approximate surface area is 162 Å². The molecule has 7 heteroatoms. The molecule has 0 spiro atoms. The normalized spacial score (nSPS) is 14.2. The van der Waals surface area contributed by atoms with Gasteiger partial charge in [-0.25, -0.2) is 0 Å². The van der Waals surface area contributed by atoms with E-state index < -0.39 is 0 Å². The average molecular weight is 384 g/mol. The van der Waals surface area contributed by atoms with Gasteiger partial charge >= 0.3 is 0 Å². The van der Waals surface area contributed by atoms with Crippen LogP contribution in [0.5, 0.6) is 5.75 Å². The molecule has 2 amide bonds. The number of carbonyl (C=O) groups excluding carboxylic acids is 2. The lowest BCUT2D eigenvalue weighted by molar-refractivity contribution is -0.132. The Bertz CT molecular complexity index is 577. The summed E-state index contributed by atoms with van der Waals surface area (Å²) in [5.74, 6) is 0.572. The molecule has 1 heterocycles. The van der Waals surface area contributed by atoms with Gasteiger partial charge in [0.2, 0.25) is 5.91 Å². The molecule has 146 valence electrons. The molecule has 1 aromatic carbocycles. The van der Waals surface area contributed by atoms with Crippen LogP contribution in [-0.2, 0) is 4.79 Å². The molecule has 0 aliphatic carbocycles. The van der Waals surface area contributed by atoms with Crippen LogP contribution in [0, 0.1) is 0 Å². The predicted molar refractivity (Wildman–Crippen MR) is 105 cm³/mol. The van der Waals surface area contributed by atoms with Crippen molar-refractivity contribution in [1.29, 1.82) is 0 Å². The molecular weight excluding hydrogens is 354 g/mol. The summed E-state index contributed by atoms with van der Waals surface area (Å²) >= 11 is 0. The first-order valence-corrected chi connectivity index (χ1v) is 9.10. The summed E-state index contributed by atoms with van der Waals surface area (Å²) in [6.07, 6.45) is 3.10. The van der Waals surface area contributed by atoms with Gasteiger partial charge in [0.1, 0.15) is 5.75 Å². The third kappa shape index (κ3) is 6.50. The minimum atomic E-state index is -0.164. The highest BCUT2D eigenvalue weighted by atomic mass is 35.5. The van der Waals surface area contributed by atoms with Crippen LogP contribution in [0.2, 0.25) is 0 Å². The Balaban J connectivity index is 0.00000338. The molecule has 1 aliphatic heterocycles. The maximum Gasteiger partial charge on any atom is 0.255 e. The monoisotopic (exact) mass is 383 g/mol. The summed E-state index contributed by atoms with van der Waals surface area (Å²) in [4.78, 5) is 26.4. The Morgan fingerprint density at radius 3 is 2.65 bits per heavy atom. The number of nitrogens with one attached hydrogen (secondary N) is 2. The maximum atomic E-state index is 12.3. The molecule has 6 nitrogen and oxygen atoms in total. The quantitative estimate of drug-likeness (QED) is 0.675. The molecule has 1 aromatic rings. The fourth-order valence-corrected chi connectivity index (χ4v) is 3.05. The van der Waals surface area contributed by atoms with Gasteiger partial charge in [-0.1, -0.05) is 12.1 Å². The van der Waals surface area contributed by atoms with Crippen molar-refractivity contribution in [2.45, 2.75) is 38.6 Å². The van der Waals surface area contributed by atoms with Gasteiger partial charge in [-0.3, -0.25) is 9.59 Å². The van der Waals surface area contributed by atoms with E-state index in [1.165, 1.54) is 0 Å². The van der Waals surface area contributed by atoms with Gasteiger partial charge in [0, 0.05) is 26.1 Å². The Kier molecular flexibility index (Phi) is 10.1. The maximum absolute atomic E-state index is 12.3. The zero-order chi connectivity index (χ0) is 18.1. The van der Waals surface area contributed by atoms with Crippen molar-refractivity contribution in [3.05, 3.63) is 29.8 Å². The van der Waals surface area contributed by atoms with E-state index in [0.29, 0.717) is 43.3 Å². The van der Waals surface area contributed by atoms with Crippen LogP contribution in [0.1, 0.15) is 43.0 Å². The lowest BCUT2D eigenvalue weighted by Crippen LogP contribution is -2.44. The first kappa shape index (κ1) is 22.3. The first-order chi connectivity index (χ1) is 12.1. The van der Waals surface area contributed by atoms with Gasteiger partial charge in [-0.15, -0.1) is 12.4 Å². The summed E-state index contributed by atoms with van der Waals surface area (Å²) in [5.41, 5.74) is 0.530. The van der Waals surface area contributed by atoms with Crippen LogP contribution in [0.15, 0.2) is 24.3 Å². The smallest absolute Gasteiger partial charge is 0.255 e. The number of piperidine rings is 1. The van der Waals surface area contributed by atoms with Crippen LogP contribution in [0.4, 0.5) is 0 Å². The van der Waals surface area contributed by atoms with Crippen molar-refractivity contribution in [1.82, 2.24) is 15.5 Å². The van der Waals surface area contributed by atoms with Gasteiger partial charge in [0.25, 0.3) is 5.91 Å². The summed E-state index contributed by atoms with van der Waals surface area (Å²) < 4.78 is 5.47. The second kappa shape index (κ2) is 11.8. The fourth-order valence-electron chi connectivity index (χ4n) is 3.05. The molecule has 0 aromatic heterocycles. The standard InChI is InChI=1S/C19H29N3O3.ClH/c1-3-25-17-8-5-4-7-16(17)19(24)21-12-6-9-18(23)22(2)15-10-13-20-14-11-15;/h4-5,7-8,15,20H,3,6,9-14H2,1-2H3,(H,21,24);1H. The number of para-hydroxylation sites is 1. The number of ether oxygens (including phenoxy) is 1. The highest BCUT2D eigenvalue weighted by Gasteiger charge is 2.21.